The Hall–Kier alpha value is -2.17. The number of rotatable bonds is 7. The molecule has 1 heterocycles. The van der Waals surface area contributed by atoms with Gasteiger partial charge < -0.3 is 10.2 Å². The summed E-state index contributed by atoms with van der Waals surface area (Å²) in [6.45, 7) is 5.45. The smallest absolute Gasteiger partial charge is 0.251 e. The largest absolute Gasteiger partial charge is 0.342 e. The van der Waals surface area contributed by atoms with Crippen molar-refractivity contribution in [3.05, 3.63) is 35.4 Å². The van der Waals surface area contributed by atoms with E-state index in [0.29, 0.717) is 11.5 Å². The van der Waals surface area contributed by atoms with E-state index in [4.69, 9.17) is 0 Å². The lowest BCUT2D eigenvalue weighted by Gasteiger charge is -2.35. The van der Waals surface area contributed by atoms with E-state index in [0.717, 1.165) is 70.0 Å². The van der Waals surface area contributed by atoms with Crippen molar-refractivity contribution in [2.45, 2.75) is 96.4 Å². The summed E-state index contributed by atoms with van der Waals surface area (Å²) in [5.74, 6) is 0.947. The molecule has 1 aromatic carbocycles. The maximum absolute atomic E-state index is 13.3. The average Bonchev–Trinajstić information content (AvgIpc) is 3.42. The number of hydrogen-bond acceptors (Lipinski definition) is 3. The van der Waals surface area contributed by atoms with Gasteiger partial charge in [-0.2, -0.15) is 0 Å². The Morgan fingerprint density at radius 3 is 2.32 bits per heavy atom. The van der Waals surface area contributed by atoms with Gasteiger partial charge in [0.25, 0.3) is 5.91 Å². The first-order valence-electron chi connectivity index (χ1n) is 13.7. The van der Waals surface area contributed by atoms with Crippen molar-refractivity contribution in [3.8, 4) is 0 Å². The third-order valence-electron chi connectivity index (χ3n) is 8.34. The Morgan fingerprint density at radius 2 is 1.62 bits per heavy atom. The number of likely N-dealkylation sites (tertiary alicyclic amines) is 1. The van der Waals surface area contributed by atoms with Gasteiger partial charge in [0.15, 0.2) is 5.78 Å². The number of hydrogen-bond donors (Lipinski definition) is 1. The van der Waals surface area contributed by atoms with Crippen molar-refractivity contribution in [1.82, 2.24) is 10.2 Å². The van der Waals surface area contributed by atoms with Crippen molar-refractivity contribution in [2.75, 3.05) is 13.1 Å². The summed E-state index contributed by atoms with van der Waals surface area (Å²) in [6, 6.07) is 7.47. The Labute approximate surface area is 205 Å². The molecule has 1 unspecified atom stereocenters. The molecule has 5 heteroatoms. The monoisotopic (exact) mass is 466 g/mol. The number of carbonyl (C=O) groups is 3. The summed E-state index contributed by atoms with van der Waals surface area (Å²) < 4.78 is 0. The standard InChI is InChI=1S/C29H42N2O3/c1-20(2)27(32)26(21-10-4-3-5-11-21)30-28(33)24-15-8-14-23(18-24)25-16-9-17-31(19-25)29(34)22-12-6-7-13-22/h8,14-15,18,20-22,25-26H,3-7,9-13,16-17,19H2,1-2H3,(H,30,33)/t25?,26-/m1/s1. The van der Waals surface area contributed by atoms with E-state index in [1.165, 1.54) is 19.3 Å². The molecule has 1 saturated heterocycles. The predicted molar refractivity (Wildman–Crippen MR) is 135 cm³/mol. The van der Waals surface area contributed by atoms with Gasteiger partial charge in [0.1, 0.15) is 0 Å². The first kappa shape index (κ1) is 24.9. The highest BCUT2D eigenvalue weighted by molar-refractivity contribution is 5.98. The number of amides is 2. The molecule has 1 aromatic rings. The first-order valence-corrected chi connectivity index (χ1v) is 13.7. The number of nitrogens with one attached hydrogen (secondary N) is 1. The second kappa shape index (κ2) is 11.5. The lowest BCUT2D eigenvalue weighted by atomic mass is 9.80. The fraction of sp³-hybridized carbons (Fsp3) is 0.690. The normalized spacial score (nSPS) is 23.1. The minimum absolute atomic E-state index is 0.0933. The Kier molecular flexibility index (Phi) is 8.44. The van der Waals surface area contributed by atoms with Crippen LogP contribution in [0.1, 0.15) is 106 Å². The predicted octanol–water partition coefficient (Wildman–Crippen LogP) is 5.49. The van der Waals surface area contributed by atoms with Crippen molar-refractivity contribution < 1.29 is 14.4 Å². The number of nitrogens with zero attached hydrogens (tertiary/aromatic N) is 1. The second-order valence-electron chi connectivity index (χ2n) is 11.1. The molecule has 3 aliphatic rings. The van der Waals surface area contributed by atoms with Gasteiger partial charge >= 0.3 is 0 Å². The SMILES string of the molecule is CC(C)C(=O)[C@H](NC(=O)c1cccc(C2CCCN(C(=O)C3CCCC3)C2)c1)C1CCCCC1. The fourth-order valence-electron chi connectivity index (χ4n) is 6.29. The zero-order valence-corrected chi connectivity index (χ0v) is 21.1. The van der Waals surface area contributed by atoms with Crippen molar-refractivity contribution in [2.24, 2.45) is 17.8 Å². The van der Waals surface area contributed by atoms with Gasteiger partial charge in [-0.1, -0.05) is 58.1 Å². The van der Waals surface area contributed by atoms with E-state index in [1.807, 2.05) is 32.0 Å². The molecular weight excluding hydrogens is 424 g/mol. The van der Waals surface area contributed by atoms with Crippen LogP contribution in [0.3, 0.4) is 0 Å². The van der Waals surface area contributed by atoms with E-state index in [-0.39, 0.29) is 35.4 Å². The number of carbonyl (C=O) groups excluding carboxylic acids is 3. The van der Waals surface area contributed by atoms with Gasteiger partial charge in [0.05, 0.1) is 6.04 Å². The van der Waals surface area contributed by atoms with E-state index < -0.39 is 6.04 Å². The quantitative estimate of drug-likeness (QED) is 0.578. The van der Waals surface area contributed by atoms with Crippen LogP contribution in [-0.4, -0.2) is 41.6 Å². The molecule has 4 rings (SSSR count). The number of piperidine rings is 1. The van der Waals surface area contributed by atoms with E-state index >= 15 is 0 Å². The van der Waals surface area contributed by atoms with Crippen molar-refractivity contribution >= 4 is 17.6 Å². The molecule has 2 amide bonds. The molecule has 0 bridgehead atoms. The molecule has 186 valence electrons. The molecule has 2 saturated carbocycles. The maximum atomic E-state index is 13.3. The second-order valence-corrected chi connectivity index (χ2v) is 11.1. The summed E-state index contributed by atoms with van der Waals surface area (Å²) >= 11 is 0. The molecule has 2 atom stereocenters. The first-order chi connectivity index (χ1) is 16.4. The topological polar surface area (TPSA) is 66.5 Å². The minimum atomic E-state index is -0.398. The molecule has 0 aromatic heterocycles. The summed E-state index contributed by atoms with van der Waals surface area (Å²) in [7, 11) is 0. The van der Waals surface area contributed by atoms with E-state index in [9.17, 15) is 14.4 Å². The van der Waals surface area contributed by atoms with Crippen molar-refractivity contribution in [1.29, 1.82) is 0 Å². The Balaban J connectivity index is 1.44. The molecule has 0 spiro atoms. The summed E-state index contributed by atoms with van der Waals surface area (Å²) in [5, 5.41) is 3.13. The fourth-order valence-corrected chi connectivity index (χ4v) is 6.29. The van der Waals surface area contributed by atoms with Gasteiger partial charge in [-0.05, 0) is 62.1 Å². The third-order valence-corrected chi connectivity index (χ3v) is 8.34. The van der Waals surface area contributed by atoms with Gasteiger partial charge in [-0.15, -0.1) is 0 Å². The molecule has 3 fully saturated rings. The molecule has 2 aliphatic carbocycles. The van der Waals surface area contributed by atoms with Crippen LogP contribution in [0.2, 0.25) is 0 Å². The minimum Gasteiger partial charge on any atom is -0.342 e. The van der Waals surface area contributed by atoms with Crippen LogP contribution >= 0.6 is 0 Å². The summed E-state index contributed by atoms with van der Waals surface area (Å²) in [6.07, 6.45) is 12.0. The third kappa shape index (κ3) is 5.90. The Morgan fingerprint density at radius 1 is 0.912 bits per heavy atom. The lowest BCUT2D eigenvalue weighted by molar-refractivity contribution is -0.136. The van der Waals surface area contributed by atoms with Crippen LogP contribution in [0.25, 0.3) is 0 Å². The average molecular weight is 467 g/mol. The van der Waals surface area contributed by atoms with Gasteiger partial charge in [-0.25, -0.2) is 0 Å². The van der Waals surface area contributed by atoms with Crippen molar-refractivity contribution in [3.63, 3.8) is 0 Å². The molecule has 1 N–H and O–H groups in total. The number of benzene rings is 1. The summed E-state index contributed by atoms with van der Waals surface area (Å²) in [5.41, 5.74) is 1.75. The van der Waals surface area contributed by atoms with Gasteiger partial charge in [0, 0.05) is 36.4 Å². The molecule has 34 heavy (non-hydrogen) atoms. The molecular formula is C29H42N2O3. The van der Waals surface area contributed by atoms with Crippen LogP contribution in [0.15, 0.2) is 24.3 Å². The zero-order valence-electron chi connectivity index (χ0n) is 21.1. The maximum Gasteiger partial charge on any atom is 0.251 e. The van der Waals surface area contributed by atoms with E-state index in [2.05, 4.69) is 16.3 Å². The highest BCUT2D eigenvalue weighted by atomic mass is 16.2. The highest BCUT2D eigenvalue weighted by Crippen LogP contribution is 2.32. The molecule has 1 aliphatic heterocycles. The zero-order chi connectivity index (χ0) is 24.1. The van der Waals surface area contributed by atoms with Crippen LogP contribution in [0.4, 0.5) is 0 Å². The molecule has 0 radical (unpaired) electrons. The van der Waals surface area contributed by atoms with E-state index in [1.54, 1.807) is 0 Å². The van der Waals surface area contributed by atoms with Crippen LogP contribution in [-0.2, 0) is 9.59 Å². The van der Waals surface area contributed by atoms with Crippen LogP contribution in [0, 0.1) is 17.8 Å². The highest BCUT2D eigenvalue weighted by Gasteiger charge is 2.33. The van der Waals surface area contributed by atoms with Crippen LogP contribution < -0.4 is 5.32 Å². The number of ketones is 1. The Bertz CT molecular complexity index is 868. The molecule has 5 nitrogen and oxygen atoms in total. The van der Waals surface area contributed by atoms with Gasteiger partial charge in [-0.3, -0.25) is 14.4 Å². The van der Waals surface area contributed by atoms with Crippen LogP contribution in [0.5, 0.6) is 0 Å². The lowest BCUT2D eigenvalue weighted by Crippen LogP contribution is -2.48. The van der Waals surface area contributed by atoms with Gasteiger partial charge in [0.2, 0.25) is 5.91 Å². The number of Topliss-reactive ketones (excluding diaryl/α,β-unsaturated/α-hetero) is 1. The summed E-state index contributed by atoms with van der Waals surface area (Å²) in [4.78, 5) is 41.3.